The van der Waals surface area contributed by atoms with E-state index < -0.39 is 5.91 Å². The molecule has 0 radical (unpaired) electrons. The quantitative estimate of drug-likeness (QED) is 0.767. The van der Waals surface area contributed by atoms with Crippen molar-refractivity contribution in [2.24, 2.45) is 0 Å². The number of hydrogen-bond acceptors (Lipinski definition) is 6. The lowest BCUT2D eigenvalue weighted by Crippen LogP contribution is -2.17. The normalized spacial score (nSPS) is 10.1. The van der Waals surface area contributed by atoms with Crippen LogP contribution in [0.2, 0.25) is 0 Å². The van der Waals surface area contributed by atoms with E-state index >= 15 is 0 Å². The van der Waals surface area contributed by atoms with Crippen LogP contribution in [0.4, 0.5) is 11.5 Å². The lowest BCUT2D eigenvalue weighted by molar-refractivity contribution is 0.102. The summed E-state index contributed by atoms with van der Waals surface area (Å²) in [4.78, 5) is 23.4. The first-order valence-corrected chi connectivity index (χ1v) is 5.59. The lowest BCUT2D eigenvalue weighted by atomic mass is 10.3. The molecule has 1 amide bonds. The van der Waals surface area contributed by atoms with Crippen LogP contribution in [0.3, 0.4) is 0 Å². The number of rotatable bonds is 2. The van der Waals surface area contributed by atoms with Crippen molar-refractivity contribution >= 4 is 33.3 Å². The molecular weight excluding hydrogens is 302 g/mol. The van der Waals surface area contributed by atoms with Gasteiger partial charge in [-0.2, -0.15) is 0 Å². The van der Waals surface area contributed by atoms with E-state index in [1.807, 2.05) is 0 Å². The van der Waals surface area contributed by atoms with Crippen molar-refractivity contribution in [3.05, 3.63) is 35.0 Å². The molecule has 0 atom stereocenters. The monoisotopic (exact) mass is 309 g/mol. The highest BCUT2D eigenvalue weighted by atomic mass is 79.9. The Balaban J connectivity index is 2.28. The Morgan fingerprint density at radius 3 is 2.94 bits per heavy atom. The fraction of sp³-hybridized carbons (Fsp3) is 0. The molecule has 2 rings (SSSR count). The van der Waals surface area contributed by atoms with Gasteiger partial charge < -0.3 is 16.2 Å². The van der Waals surface area contributed by atoms with Gasteiger partial charge in [-0.05, 0) is 15.9 Å². The van der Waals surface area contributed by atoms with Crippen molar-refractivity contribution < 1.29 is 9.90 Å². The van der Waals surface area contributed by atoms with Crippen LogP contribution in [0.1, 0.15) is 10.5 Å². The van der Waals surface area contributed by atoms with Gasteiger partial charge in [0.25, 0.3) is 5.91 Å². The molecule has 2 aromatic heterocycles. The average molecular weight is 310 g/mol. The van der Waals surface area contributed by atoms with Crippen LogP contribution in [0, 0.1) is 0 Å². The first kappa shape index (κ1) is 12.2. The first-order chi connectivity index (χ1) is 8.58. The number of pyridine rings is 1. The number of amides is 1. The van der Waals surface area contributed by atoms with E-state index in [1.54, 1.807) is 0 Å². The second-order valence-electron chi connectivity index (χ2n) is 3.27. The Bertz CT molecular complexity index is 605. The number of aromatic nitrogens is 3. The van der Waals surface area contributed by atoms with Crippen molar-refractivity contribution in [3.63, 3.8) is 0 Å². The summed E-state index contributed by atoms with van der Waals surface area (Å²) in [6.07, 6.45) is 4.10. The van der Waals surface area contributed by atoms with Crippen LogP contribution < -0.4 is 11.1 Å². The molecule has 0 fully saturated rings. The van der Waals surface area contributed by atoms with Gasteiger partial charge in [0.15, 0.2) is 11.5 Å². The third-order valence-electron chi connectivity index (χ3n) is 2.03. The van der Waals surface area contributed by atoms with Crippen molar-refractivity contribution in [3.8, 4) is 5.75 Å². The maximum atomic E-state index is 11.9. The molecule has 0 unspecified atom stereocenters. The minimum absolute atomic E-state index is 0.000852. The Morgan fingerprint density at radius 1 is 1.44 bits per heavy atom. The van der Waals surface area contributed by atoms with Crippen LogP contribution in [0.25, 0.3) is 0 Å². The van der Waals surface area contributed by atoms with Gasteiger partial charge in [0, 0.05) is 12.3 Å². The van der Waals surface area contributed by atoms with Crippen molar-refractivity contribution in [1.29, 1.82) is 0 Å². The minimum Gasteiger partial charge on any atom is -0.506 e. The number of nitrogens with zero attached hydrogens (tertiary/aromatic N) is 3. The maximum absolute atomic E-state index is 11.9. The van der Waals surface area contributed by atoms with Gasteiger partial charge in [-0.1, -0.05) is 0 Å². The van der Waals surface area contributed by atoms with Gasteiger partial charge in [0.2, 0.25) is 0 Å². The van der Waals surface area contributed by atoms with Crippen LogP contribution in [0.5, 0.6) is 5.75 Å². The van der Waals surface area contributed by atoms with Crippen molar-refractivity contribution in [1.82, 2.24) is 15.0 Å². The molecule has 2 heterocycles. The summed E-state index contributed by atoms with van der Waals surface area (Å²) in [6.45, 7) is 0. The fourth-order valence-corrected chi connectivity index (χ4v) is 1.49. The van der Waals surface area contributed by atoms with Crippen LogP contribution in [0.15, 0.2) is 29.3 Å². The molecule has 18 heavy (non-hydrogen) atoms. The Kier molecular flexibility index (Phi) is 3.38. The third-order valence-corrected chi connectivity index (χ3v) is 2.41. The molecule has 0 aromatic carbocycles. The Labute approximate surface area is 110 Å². The van der Waals surface area contributed by atoms with Gasteiger partial charge in [-0.25, -0.2) is 9.97 Å². The molecule has 8 heteroatoms. The summed E-state index contributed by atoms with van der Waals surface area (Å²) < 4.78 is 0.386. The van der Waals surface area contributed by atoms with Crippen molar-refractivity contribution in [2.45, 2.75) is 0 Å². The first-order valence-electron chi connectivity index (χ1n) is 4.80. The smallest absolute Gasteiger partial charge is 0.278 e. The molecule has 2 aromatic rings. The van der Waals surface area contributed by atoms with Gasteiger partial charge in [0.05, 0.1) is 12.4 Å². The van der Waals surface area contributed by atoms with Gasteiger partial charge in [-0.3, -0.25) is 9.78 Å². The molecule has 0 spiro atoms. The number of halogens is 1. The molecule has 92 valence electrons. The van der Waals surface area contributed by atoms with Crippen LogP contribution in [-0.4, -0.2) is 26.0 Å². The highest BCUT2D eigenvalue weighted by molar-refractivity contribution is 9.10. The van der Waals surface area contributed by atoms with Gasteiger partial charge in [-0.15, -0.1) is 0 Å². The summed E-state index contributed by atoms with van der Waals surface area (Å²) in [7, 11) is 0. The van der Waals surface area contributed by atoms with Crippen LogP contribution >= 0.6 is 15.9 Å². The van der Waals surface area contributed by atoms with E-state index in [0.29, 0.717) is 4.60 Å². The predicted molar refractivity (Wildman–Crippen MR) is 68.0 cm³/mol. The SMILES string of the molecule is Nc1ncc(Br)nc1C(=O)Nc1cnccc1O. The maximum Gasteiger partial charge on any atom is 0.278 e. The molecular formula is C10H8BrN5O2. The Hall–Kier alpha value is -2.22. The molecule has 0 bridgehead atoms. The third kappa shape index (κ3) is 2.54. The zero-order chi connectivity index (χ0) is 13.1. The largest absolute Gasteiger partial charge is 0.506 e. The summed E-state index contributed by atoms with van der Waals surface area (Å²) in [5.74, 6) is -0.677. The standard InChI is InChI=1S/C10H8BrN5O2/c11-7-4-14-9(12)8(16-7)10(18)15-5-3-13-2-1-6(5)17/h1-4H,(H2,12,14)(H,13,17)(H,15,18). The second kappa shape index (κ2) is 4.96. The molecule has 0 aliphatic rings. The highest BCUT2D eigenvalue weighted by Gasteiger charge is 2.15. The fourth-order valence-electron chi connectivity index (χ4n) is 1.21. The predicted octanol–water partition coefficient (Wildman–Crippen LogP) is 1.17. The number of carbonyl (C=O) groups is 1. The van der Waals surface area contributed by atoms with E-state index in [0.717, 1.165) is 0 Å². The summed E-state index contributed by atoms with van der Waals surface area (Å²) in [5, 5.41) is 11.9. The topological polar surface area (TPSA) is 114 Å². The van der Waals surface area contributed by atoms with E-state index in [2.05, 4.69) is 36.2 Å². The number of nitrogens with two attached hydrogens (primary N) is 1. The Morgan fingerprint density at radius 2 is 2.22 bits per heavy atom. The zero-order valence-electron chi connectivity index (χ0n) is 8.96. The van der Waals surface area contributed by atoms with Gasteiger partial charge in [0.1, 0.15) is 16.0 Å². The number of hydrogen-bond donors (Lipinski definition) is 3. The average Bonchev–Trinajstić information content (AvgIpc) is 2.35. The van der Waals surface area contributed by atoms with E-state index in [-0.39, 0.29) is 22.9 Å². The lowest BCUT2D eigenvalue weighted by Gasteiger charge is -2.07. The van der Waals surface area contributed by atoms with E-state index in [1.165, 1.54) is 24.7 Å². The van der Waals surface area contributed by atoms with E-state index in [9.17, 15) is 9.90 Å². The minimum atomic E-state index is -0.579. The molecule has 0 aliphatic heterocycles. The summed E-state index contributed by atoms with van der Waals surface area (Å²) >= 11 is 3.09. The molecule has 0 aliphatic carbocycles. The molecule has 4 N–H and O–H groups in total. The second-order valence-corrected chi connectivity index (χ2v) is 4.09. The van der Waals surface area contributed by atoms with Crippen molar-refractivity contribution in [2.75, 3.05) is 11.1 Å². The number of nitrogen functional groups attached to an aromatic ring is 1. The highest BCUT2D eigenvalue weighted by Crippen LogP contribution is 2.21. The number of nitrogens with one attached hydrogen (secondary N) is 1. The number of aromatic hydroxyl groups is 1. The zero-order valence-corrected chi connectivity index (χ0v) is 10.5. The number of carbonyl (C=O) groups excluding carboxylic acids is 1. The number of anilines is 2. The molecule has 0 saturated carbocycles. The summed E-state index contributed by atoms with van der Waals surface area (Å²) in [5.41, 5.74) is 5.68. The van der Waals surface area contributed by atoms with Crippen LogP contribution in [-0.2, 0) is 0 Å². The van der Waals surface area contributed by atoms with E-state index in [4.69, 9.17) is 5.73 Å². The summed E-state index contributed by atoms with van der Waals surface area (Å²) in [6, 6.07) is 1.35. The molecule has 7 nitrogen and oxygen atoms in total. The van der Waals surface area contributed by atoms with Gasteiger partial charge >= 0.3 is 0 Å². The molecule has 0 saturated heterocycles.